The van der Waals surface area contributed by atoms with Crippen molar-refractivity contribution in [2.24, 2.45) is 0 Å². The van der Waals surface area contributed by atoms with Crippen molar-refractivity contribution in [2.75, 3.05) is 6.61 Å². The van der Waals surface area contributed by atoms with Crippen molar-refractivity contribution < 1.29 is 5.11 Å². The van der Waals surface area contributed by atoms with Crippen molar-refractivity contribution in [3.63, 3.8) is 0 Å². The van der Waals surface area contributed by atoms with Crippen LogP contribution >= 0.6 is 11.6 Å². The third-order valence-corrected chi connectivity index (χ3v) is 3.65. The zero-order valence-electron chi connectivity index (χ0n) is 10.2. The Morgan fingerprint density at radius 2 is 2.18 bits per heavy atom. The van der Waals surface area contributed by atoms with Crippen LogP contribution in [0.2, 0.25) is 5.02 Å². The smallest absolute Gasteiger partial charge is 0.0431 e. The third-order valence-electron chi connectivity index (χ3n) is 3.42. The number of benzene rings is 1. The summed E-state index contributed by atoms with van der Waals surface area (Å²) in [5.41, 5.74) is 2.80. The first-order valence-electron chi connectivity index (χ1n) is 6.33. The van der Waals surface area contributed by atoms with E-state index in [1.165, 1.54) is 11.1 Å². The van der Waals surface area contributed by atoms with Crippen molar-refractivity contribution in [2.45, 2.75) is 44.7 Å². The summed E-state index contributed by atoms with van der Waals surface area (Å²) in [6.07, 6.45) is 4.07. The first kappa shape index (κ1) is 12.9. The summed E-state index contributed by atoms with van der Waals surface area (Å²) in [4.78, 5) is 0. The van der Waals surface area contributed by atoms with Gasteiger partial charge in [-0.05, 0) is 55.9 Å². The molecule has 1 aliphatic carbocycles. The van der Waals surface area contributed by atoms with Gasteiger partial charge >= 0.3 is 0 Å². The highest BCUT2D eigenvalue weighted by molar-refractivity contribution is 6.30. The summed E-state index contributed by atoms with van der Waals surface area (Å²) in [7, 11) is 0. The van der Waals surface area contributed by atoms with E-state index in [-0.39, 0.29) is 6.61 Å². The van der Waals surface area contributed by atoms with Gasteiger partial charge in [-0.3, -0.25) is 0 Å². The Morgan fingerprint density at radius 1 is 1.41 bits per heavy atom. The molecular weight excluding hydrogens is 234 g/mol. The molecule has 2 unspecified atom stereocenters. The number of aliphatic hydroxyl groups excluding tert-OH is 1. The van der Waals surface area contributed by atoms with Crippen LogP contribution in [0.25, 0.3) is 0 Å². The van der Waals surface area contributed by atoms with Crippen LogP contribution in [0.15, 0.2) is 18.2 Å². The van der Waals surface area contributed by atoms with Crippen molar-refractivity contribution in [1.29, 1.82) is 0 Å². The van der Waals surface area contributed by atoms with E-state index < -0.39 is 0 Å². The molecule has 17 heavy (non-hydrogen) atoms. The molecule has 0 aromatic heterocycles. The van der Waals surface area contributed by atoms with Crippen LogP contribution in [0, 0.1) is 0 Å². The van der Waals surface area contributed by atoms with Gasteiger partial charge in [0.05, 0.1) is 0 Å². The van der Waals surface area contributed by atoms with Gasteiger partial charge in [0.15, 0.2) is 0 Å². The lowest BCUT2D eigenvalue weighted by Gasteiger charge is -2.18. The van der Waals surface area contributed by atoms with Gasteiger partial charge < -0.3 is 10.4 Å². The van der Waals surface area contributed by atoms with Crippen molar-refractivity contribution in [3.8, 4) is 0 Å². The van der Waals surface area contributed by atoms with Gasteiger partial charge in [-0.15, -0.1) is 0 Å². The molecule has 0 radical (unpaired) electrons. The van der Waals surface area contributed by atoms with E-state index in [4.69, 9.17) is 16.7 Å². The SMILES string of the molecule is CC(CCCO)NC1Cc2ccc(Cl)cc2C1. The minimum Gasteiger partial charge on any atom is -0.396 e. The average molecular weight is 254 g/mol. The van der Waals surface area contributed by atoms with Crippen molar-refractivity contribution in [3.05, 3.63) is 34.3 Å². The molecule has 1 aromatic carbocycles. The summed E-state index contributed by atoms with van der Waals surface area (Å²) in [6, 6.07) is 7.18. The average Bonchev–Trinajstić information content (AvgIpc) is 2.67. The molecule has 0 spiro atoms. The number of fused-ring (bicyclic) bond motifs is 1. The molecule has 94 valence electrons. The fourth-order valence-electron chi connectivity index (χ4n) is 2.59. The van der Waals surface area contributed by atoms with E-state index in [0.29, 0.717) is 12.1 Å². The molecule has 1 aromatic rings. The lowest BCUT2D eigenvalue weighted by Crippen LogP contribution is -2.37. The predicted molar refractivity (Wildman–Crippen MR) is 71.6 cm³/mol. The van der Waals surface area contributed by atoms with Gasteiger partial charge in [-0.2, -0.15) is 0 Å². The van der Waals surface area contributed by atoms with Crippen LogP contribution in [0.3, 0.4) is 0 Å². The quantitative estimate of drug-likeness (QED) is 0.845. The van der Waals surface area contributed by atoms with Crippen LogP contribution in [0.5, 0.6) is 0 Å². The number of halogens is 1. The summed E-state index contributed by atoms with van der Waals surface area (Å²) in [5.74, 6) is 0. The van der Waals surface area contributed by atoms with Gasteiger partial charge in [0.2, 0.25) is 0 Å². The molecule has 0 heterocycles. The molecule has 2 atom stereocenters. The van der Waals surface area contributed by atoms with Crippen LogP contribution in [-0.4, -0.2) is 23.8 Å². The molecule has 0 saturated heterocycles. The lowest BCUT2D eigenvalue weighted by molar-refractivity contribution is 0.273. The summed E-state index contributed by atoms with van der Waals surface area (Å²) in [5, 5.41) is 13.3. The van der Waals surface area contributed by atoms with Crippen LogP contribution < -0.4 is 5.32 Å². The largest absolute Gasteiger partial charge is 0.396 e. The summed E-state index contributed by atoms with van der Waals surface area (Å²) >= 11 is 6.00. The molecule has 2 rings (SSSR count). The Balaban J connectivity index is 1.87. The van der Waals surface area contributed by atoms with Crippen LogP contribution in [0.1, 0.15) is 30.9 Å². The van der Waals surface area contributed by atoms with E-state index in [1.54, 1.807) is 0 Å². The highest BCUT2D eigenvalue weighted by Gasteiger charge is 2.22. The van der Waals surface area contributed by atoms with E-state index in [2.05, 4.69) is 24.4 Å². The number of aliphatic hydroxyl groups is 1. The normalized spacial score (nSPS) is 20.3. The van der Waals surface area contributed by atoms with E-state index in [9.17, 15) is 0 Å². The Morgan fingerprint density at radius 3 is 2.94 bits per heavy atom. The maximum absolute atomic E-state index is 8.81. The Kier molecular flexibility index (Phi) is 4.43. The van der Waals surface area contributed by atoms with Crippen LogP contribution in [-0.2, 0) is 12.8 Å². The van der Waals surface area contributed by atoms with Gasteiger partial charge in [0.1, 0.15) is 0 Å². The summed E-state index contributed by atoms with van der Waals surface area (Å²) in [6.45, 7) is 2.47. The monoisotopic (exact) mass is 253 g/mol. The van der Waals surface area contributed by atoms with Gasteiger partial charge in [0.25, 0.3) is 0 Å². The molecule has 2 N–H and O–H groups in total. The molecule has 3 heteroatoms. The molecule has 0 amide bonds. The Bertz CT molecular complexity index is 380. The predicted octanol–water partition coefficient (Wildman–Crippen LogP) is 2.56. The minimum absolute atomic E-state index is 0.284. The molecular formula is C14H20ClNO. The third kappa shape index (κ3) is 3.44. The highest BCUT2D eigenvalue weighted by atomic mass is 35.5. The zero-order chi connectivity index (χ0) is 12.3. The molecule has 0 saturated carbocycles. The Labute approximate surface area is 108 Å². The second-order valence-electron chi connectivity index (χ2n) is 4.95. The van der Waals surface area contributed by atoms with Crippen molar-refractivity contribution in [1.82, 2.24) is 5.32 Å². The maximum Gasteiger partial charge on any atom is 0.0431 e. The van der Waals surface area contributed by atoms with Crippen LogP contribution in [0.4, 0.5) is 0 Å². The van der Waals surface area contributed by atoms with Gasteiger partial charge in [-0.25, -0.2) is 0 Å². The highest BCUT2D eigenvalue weighted by Crippen LogP contribution is 2.25. The minimum atomic E-state index is 0.284. The molecule has 0 bridgehead atoms. The first-order chi connectivity index (χ1) is 8.19. The number of hydrogen-bond acceptors (Lipinski definition) is 2. The molecule has 2 nitrogen and oxygen atoms in total. The fourth-order valence-corrected chi connectivity index (χ4v) is 2.78. The van der Waals surface area contributed by atoms with Gasteiger partial charge in [-0.1, -0.05) is 17.7 Å². The fraction of sp³-hybridized carbons (Fsp3) is 0.571. The van der Waals surface area contributed by atoms with E-state index in [1.807, 2.05) is 6.07 Å². The number of rotatable bonds is 5. The standard InChI is InChI=1S/C14H20ClNO/c1-10(3-2-6-17)16-14-8-11-4-5-13(15)7-12(11)9-14/h4-5,7,10,14,16-17H,2-3,6,8-9H2,1H3. The first-order valence-corrected chi connectivity index (χ1v) is 6.71. The summed E-state index contributed by atoms with van der Waals surface area (Å²) < 4.78 is 0. The van der Waals surface area contributed by atoms with E-state index in [0.717, 1.165) is 30.7 Å². The second kappa shape index (κ2) is 5.85. The molecule has 1 aliphatic rings. The maximum atomic E-state index is 8.81. The lowest BCUT2D eigenvalue weighted by atomic mass is 10.1. The van der Waals surface area contributed by atoms with Gasteiger partial charge in [0, 0.05) is 23.7 Å². The van der Waals surface area contributed by atoms with E-state index >= 15 is 0 Å². The number of hydrogen-bond donors (Lipinski definition) is 2. The number of nitrogens with one attached hydrogen (secondary N) is 1. The molecule has 0 fully saturated rings. The second-order valence-corrected chi connectivity index (χ2v) is 5.39. The van der Waals surface area contributed by atoms with Crippen molar-refractivity contribution >= 4 is 11.6 Å². The zero-order valence-corrected chi connectivity index (χ0v) is 11.0. The topological polar surface area (TPSA) is 32.3 Å². The molecule has 0 aliphatic heterocycles. The Hall–Kier alpha value is -0.570.